The van der Waals surface area contributed by atoms with Gasteiger partial charge in [0.1, 0.15) is 0 Å². The molecule has 2 atom stereocenters. The van der Waals surface area contributed by atoms with Crippen molar-refractivity contribution in [1.29, 1.82) is 0 Å². The first-order valence-electron chi connectivity index (χ1n) is 5.49. The van der Waals surface area contributed by atoms with Crippen molar-refractivity contribution in [2.75, 3.05) is 7.05 Å². The van der Waals surface area contributed by atoms with Gasteiger partial charge in [-0.3, -0.25) is 0 Å². The van der Waals surface area contributed by atoms with E-state index in [-0.39, 0.29) is 0 Å². The smallest absolute Gasteiger partial charge is 0.0127 e. The summed E-state index contributed by atoms with van der Waals surface area (Å²) in [5.74, 6) is 0.762. The molecule has 0 amide bonds. The van der Waals surface area contributed by atoms with Crippen LogP contribution in [0.2, 0.25) is 0 Å². The zero-order valence-corrected chi connectivity index (χ0v) is 9.69. The quantitative estimate of drug-likeness (QED) is 0.597. The molecular formula is C12H25N. The first-order valence-corrected chi connectivity index (χ1v) is 5.49. The third kappa shape index (κ3) is 5.09. The molecule has 1 heteroatoms. The van der Waals surface area contributed by atoms with E-state index in [2.05, 4.69) is 39.7 Å². The maximum Gasteiger partial charge on any atom is 0.0127 e. The number of hydrogen-bond acceptors (Lipinski definition) is 1. The zero-order chi connectivity index (χ0) is 10.3. The van der Waals surface area contributed by atoms with Crippen LogP contribution in [0.5, 0.6) is 0 Å². The van der Waals surface area contributed by atoms with E-state index in [9.17, 15) is 0 Å². The molecule has 0 rings (SSSR count). The van der Waals surface area contributed by atoms with Gasteiger partial charge in [0.25, 0.3) is 0 Å². The van der Waals surface area contributed by atoms with E-state index in [1.165, 1.54) is 18.4 Å². The van der Waals surface area contributed by atoms with Crippen molar-refractivity contribution >= 4 is 0 Å². The molecule has 0 aromatic rings. The third-order valence-electron chi connectivity index (χ3n) is 2.81. The van der Waals surface area contributed by atoms with Gasteiger partial charge in [-0.1, -0.05) is 39.3 Å². The Labute approximate surface area is 83.6 Å². The normalized spacial score (nSPS) is 15.4. The van der Waals surface area contributed by atoms with E-state index in [0.29, 0.717) is 6.04 Å². The van der Waals surface area contributed by atoms with Gasteiger partial charge in [0.05, 0.1) is 0 Å². The van der Waals surface area contributed by atoms with Crippen molar-refractivity contribution in [1.82, 2.24) is 5.32 Å². The summed E-state index contributed by atoms with van der Waals surface area (Å²) in [6.45, 7) is 10.8. The minimum Gasteiger partial charge on any atom is -0.316 e. The molecule has 1 nitrogen and oxygen atoms in total. The first-order chi connectivity index (χ1) is 6.15. The zero-order valence-electron chi connectivity index (χ0n) is 9.69. The van der Waals surface area contributed by atoms with Crippen LogP contribution >= 0.6 is 0 Å². The maximum atomic E-state index is 4.06. The first kappa shape index (κ1) is 12.7. The molecule has 0 aliphatic carbocycles. The molecule has 0 fully saturated rings. The number of rotatable bonds is 7. The molecule has 2 unspecified atom stereocenters. The predicted octanol–water partition coefficient (Wildman–Crippen LogP) is 3.37. The van der Waals surface area contributed by atoms with Crippen molar-refractivity contribution < 1.29 is 0 Å². The molecule has 0 aliphatic heterocycles. The molecule has 0 saturated carbocycles. The summed E-state index contributed by atoms with van der Waals surface area (Å²) in [7, 11) is 2.06. The van der Waals surface area contributed by atoms with Gasteiger partial charge in [-0.25, -0.2) is 0 Å². The molecule has 0 bridgehead atoms. The topological polar surface area (TPSA) is 12.0 Å². The van der Waals surface area contributed by atoms with Crippen LogP contribution in [0.1, 0.15) is 46.5 Å². The van der Waals surface area contributed by atoms with Gasteiger partial charge in [-0.2, -0.15) is 0 Å². The Bertz CT molecular complexity index is 140. The van der Waals surface area contributed by atoms with Crippen LogP contribution in [0.3, 0.4) is 0 Å². The molecular weight excluding hydrogens is 158 g/mol. The number of nitrogens with one attached hydrogen (secondary N) is 1. The highest BCUT2D eigenvalue weighted by Crippen LogP contribution is 2.17. The molecule has 0 aromatic carbocycles. The van der Waals surface area contributed by atoms with E-state index in [1.54, 1.807) is 0 Å². The average molecular weight is 183 g/mol. The van der Waals surface area contributed by atoms with Crippen LogP contribution in [0, 0.1) is 5.92 Å². The molecule has 0 radical (unpaired) electrons. The summed E-state index contributed by atoms with van der Waals surface area (Å²) in [6.07, 6.45) is 4.83. The Morgan fingerprint density at radius 1 is 1.38 bits per heavy atom. The minimum atomic E-state index is 0.618. The molecule has 0 spiro atoms. The molecule has 0 aliphatic rings. The van der Waals surface area contributed by atoms with E-state index in [0.717, 1.165) is 18.8 Å². The van der Waals surface area contributed by atoms with Crippen LogP contribution < -0.4 is 5.32 Å². The van der Waals surface area contributed by atoms with Crippen LogP contribution in [0.25, 0.3) is 0 Å². The Hall–Kier alpha value is -0.300. The molecule has 0 aromatic heterocycles. The summed E-state index contributed by atoms with van der Waals surface area (Å²) < 4.78 is 0. The monoisotopic (exact) mass is 183 g/mol. The Balaban J connectivity index is 3.93. The summed E-state index contributed by atoms with van der Waals surface area (Å²) in [5.41, 5.74) is 1.36. The van der Waals surface area contributed by atoms with Gasteiger partial charge in [0, 0.05) is 6.04 Å². The SMILES string of the molecule is C=C(CC)CC(NC)C(C)CCC. The summed E-state index contributed by atoms with van der Waals surface area (Å²) in [6, 6.07) is 0.618. The fourth-order valence-electron chi connectivity index (χ4n) is 1.70. The van der Waals surface area contributed by atoms with Crippen LogP contribution in [-0.4, -0.2) is 13.1 Å². The third-order valence-corrected chi connectivity index (χ3v) is 2.81. The van der Waals surface area contributed by atoms with Crippen molar-refractivity contribution in [2.45, 2.75) is 52.5 Å². The van der Waals surface area contributed by atoms with E-state index in [1.807, 2.05) is 0 Å². The molecule has 13 heavy (non-hydrogen) atoms. The van der Waals surface area contributed by atoms with Crippen molar-refractivity contribution in [3.8, 4) is 0 Å². The lowest BCUT2D eigenvalue weighted by Crippen LogP contribution is -2.32. The van der Waals surface area contributed by atoms with Crippen molar-refractivity contribution in [3.63, 3.8) is 0 Å². The van der Waals surface area contributed by atoms with E-state index < -0.39 is 0 Å². The molecule has 0 heterocycles. The average Bonchev–Trinajstić information content (AvgIpc) is 2.14. The highest BCUT2D eigenvalue weighted by molar-refractivity contribution is 4.97. The summed E-state index contributed by atoms with van der Waals surface area (Å²) in [5, 5.41) is 3.39. The van der Waals surface area contributed by atoms with Crippen molar-refractivity contribution in [2.24, 2.45) is 5.92 Å². The maximum absolute atomic E-state index is 4.06. The lowest BCUT2D eigenvalue weighted by molar-refractivity contribution is 0.369. The number of hydrogen-bond donors (Lipinski definition) is 1. The second-order valence-electron chi connectivity index (χ2n) is 3.97. The standard InChI is InChI=1S/C12H25N/c1-6-8-11(4)12(13-5)9-10(3)7-2/h11-13H,3,6-9H2,1-2,4-5H3. The molecule has 78 valence electrons. The van der Waals surface area contributed by atoms with E-state index in [4.69, 9.17) is 0 Å². The van der Waals surface area contributed by atoms with Crippen molar-refractivity contribution in [3.05, 3.63) is 12.2 Å². The lowest BCUT2D eigenvalue weighted by Gasteiger charge is -2.23. The van der Waals surface area contributed by atoms with Gasteiger partial charge in [-0.15, -0.1) is 0 Å². The minimum absolute atomic E-state index is 0.618. The van der Waals surface area contributed by atoms with Crippen LogP contribution in [0.4, 0.5) is 0 Å². The van der Waals surface area contributed by atoms with Gasteiger partial charge in [0.15, 0.2) is 0 Å². The van der Waals surface area contributed by atoms with Gasteiger partial charge in [-0.05, 0) is 32.2 Å². The van der Waals surface area contributed by atoms with Gasteiger partial charge >= 0.3 is 0 Å². The summed E-state index contributed by atoms with van der Waals surface area (Å²) in [4.78, 5) is 0. The fraction of sp³-hybridized carbons (Fsp3) is 0.833. The molecule has 1 N–H and O–H groups in total. The predicted molar refractivity (Wildman–Crippen MR) is 61.0 cm³/mol. The van der Waals surface area contributed by atoms with Gasteiger partial charge in [0.2, 0.25) is 0 Å². The summed E-state index contributed by atoms with van der Waals surface area (Å²) >= 11 is 0. The Morgan fingerprint density at radius 2 is 2.00 bits per heavy atom. The largest absolute Gasteiger partial charge is 0.316 e. The van der Waals surface area contributed by atoms with Crippen LogP contribution in [0.15, 0.2) is 12.2 Å². The van der Waals surface area contributed by atoms with Crippen LogP contribution in [-0.2, 0) is 0 Å². The Kier molecular flexibility index (Phi) is 6.97. The Morgan fingerprint density at radius 3 is 2.38 bits per heavy atom. The van der Waals surface area contributed by atoms with Gasteiger partial charge < -0.3 is 5.32 Å². The highest BCUT2D eigenvalue weighted by atomic mass is 14.9. The second kappa shape index (κ2) is 7.14. The molecule has 0 saturated heterocycles. The van der Waals surface area contributed by atoms with E-state index >= 15 is 0 Å². The highest BCUT2D eigenvalue weighted by Gasteiger charge is 2.14. The fourth-order valence-corrected chi connectivity index (χ4v) is 1.70. The second-order valence-corrected chi connectivity index (χ2v) is 3.97. The lowest BCUT2D eigenvalue weighted by atomic mass is 9.91.